The lowest BCUT2D eigenvalue weighted by molar-refractivity contribution is 0.0698. The van der Waals surface area contributed by atoms with Gasteiger partial charge in [-0.1, -0.05) is 26.0 Å². The number of nitrogen functional groups attached to an aromatic ring is 1. The van der Waals surface area contributed by atoms with Gasteiger partial charge in [-0.15, -0.1) is 0 Å². The van der Waals surface area contributed by atoms with E-state index in [1.807, 2.05) is 24.3 Å². The summed E-state index contributed by atoms with van der Waals surface area (Å²) >= 11 is 0. The van der Waals surface area contributed by atoms with Crippen molar-refractivity contribution in [2.24, 2.45) is 0 Å². The molecule has 0 bridgehead atoms. The molecule has 0 aliphatic heterocycles. The van der Waals surface area contributed by atoms with E-state index in [1.54, 1.807) is 6.07 Å². The van der Waals surface area contributed by atoms with Crippen LogP contribution in [0.1, 0.15) is 42.1 Å². The van der Waals surface area contributed by atoms with Crippen LogP contribution in [0.2, 0.25) is 0 Å². The molecule has 0 aromatic heterocycles. The van der Waals surface area contributed by atoms with E-state index < -0.39 is 5.97 Å². The van der Waals surface area contributed by atoms with Gasteiger partial charge >= 0.3 is 5.97 Å². The van der Waals surface area contributed by atoms with Crippen LogP contribution in [0.3, 0.4) is 0 Å². The average Bonchev–Trinajstić information content (AvgIpc) is 2.47. The number of carbonyl (C=O) groups is 1. The molecule has 1 unspecified atom stereocenters. The van der Waals surface area contributed by atoms with Crippen molar-refractivity contribution in [1.82, 2.24) is 0 Å². The van der Waals surface area contributed by atoms with Crippen molar-refractivity contribution in [1.29, 1.82) is 0 Å². The predicted octanol–water partition coefficient (Wildman–Crippen LogP) is 4.27. The maximum atomic E-state index is 10.9. The molecule has 0 radical (unpaired) electrons. The fraction of sp³-hybridized carbons (Fsp3) is 0.235. The predicted molar refractivity (Wildman–Crippen MR) is 83.0 cm³/mol. The Balaban J connectivity index is 2.15. The van der Waals surface area contributed by atoms with Crippen LogP contribution in [-0.2, 0) is 0 Å². The summed E-state index contributed by atoms with van der Waals surface area (Å²) in [5.74, 6) is 0.694. The Morgan fingerprint density at radius 2 is 1.81 bits per heavy atom. The van der Waals surface area contributed by atoms with Gasteiger partial charge in [-0.2, -0.15) is 0 Å². The highest BCUT2D eigenvalue weighted by Gasteiger charge is 2.09. The van der Waals surface area contributed by atoms with Crippen molar-refractivity contribution in [2.75, 3.05) is 5.73 Å². The van der Waals surface area contributed by atoms with E-state index in [1.165, 1.54) is 17.7 Å². The number of anilines is 1. The molecule has 0 spiro atoms. The first-order valence-corrected chi connectivity index (χ1v) is 6.92. The second-order valence-corrected chi connectivity index (χ2v) is 5.03. The van der Waals surface area contributed by atoms with Gasteiger partial charge in [0.25, 0.3) is 0 Å². The van der Waals surface area contributed by atoms with Gasteiger partial charge < -0.3 is 15.6 Å². The van der Waals surface area contributed by atoms with E-state index in [2.05, 4.69) is 13.8 Å². The summed E-state index contributed by atoms with van der Waals surface area (Å²) in [4.78, 5) is 10.9. The number of aromatic carboxylic acids is 1. The van der Waals surface area contributed by atoms with Crippen LogP contribution in [0.5, 0.6) is 11.5 Å². The van der Waals surface area contributed by atoms with Crippen molar-refractivity contribution in [2.45, 2.75) is 26.2 Å². The number of hydrogen-bond donors (Lipinski definition) is 2. The molecule has 2 aromatic carbocycles. The van der Waals surface area contributed by atoms with E-state index in [-0.39, 0.29) is 11.3 Å². The maximum absolute atomic E-state index is 10.9. The van der Waals surface area contributed by atoms with Crippen molar-refractivity contribution in [3.05, 3.63) is 53.6 Å². The number of carboxylic acids is 1. The first-order chi connectivity index (χ1) is 10.0. The summed E-state index contributed by atoms with van der Waals surface area (Å²) in [7, 11) is 0. The fourth-order valence-electron chi connectivity index (χ4n) is 2.04. The Kier molecular flexibility index (Phi) is 4.48. The Morgan fingerprint density at radius 3 is 2.33 bits per heavy atom. The summed E-state index contributed by atoms with van der Waals surface area (Å²) in [6.07, 6.45) is 1.09. The molecule has 21 heavy (non-hydrogen) atoms. The summed E-state index contributed by atoms with van der Waals surface area (Å²) in [5, 5.41) is 8.93. The lowest BCUT2D eigenvalue weighted by atomic mass is 9.99. The smallest absolute Gasteiger partial charge is 0.337 e. The van der Waals surface area contributed by atoms with Crippen LogP contribution in [-0.4, -0.2) is 11.1 Å². The zero-order chi connectivity index (χ0) is 15.4. The Bertz CT molecular complexity index is 635. The first-order valence-electron chi connectivity index (χ1n) is 6.92. The average molecular weight is 285 g/mol. The van der Waals surface area contributed by atoms with Crippen LogP contribution in [0, 0.1) is 0 Å². The van der Waals surface area contributed by atoms with Gasteiger partial charge in [-0.25, -0.2) is 4.79 Å². The number of rotatable bonds is 5. The van der Waals surface area contributed by atoms with Crippen LogP contribution in [0.15, 0.2) is 42.5 Å². The van der Waals surface area contributed by atoms with Crippen LogP contribution >= 0.6 is 0 Å². The van der Waals surface area contributed by atoms with Gasteiger partial charge in [-0.05, 0) is 42.2 Å². The molecule has 0 fully saturated rings. The van der Waals surface area contributed by atoms with E-state index in [9.17, 15) is 4.79 Å². The van der Waals surface area contributed by atoms with Crippen molar-refractivity contribution in [3.8, 4) is 11.5 Å². The third kappa shape index (κ3) is 3.54. The summed E-state index contributed by atoms with van der Waals surface area (Å²) in [6.45, 7) is 4.34. The SMILES string of the molecule is CCC(C)c1ccc(Oc2ccc(C(=O)O)c(N)c2)cc1. The van der Waals surface area contributed by atoms with Gasteiger partial charge in [0.2, 0.25) is 0 Å². The quantitative estimate of drug-likeness (QED) is 0.804. The molecule has 110 valence electrons. The Morgan fingerprint density at radius 1 is 1.19 bits per heavy atom. The molecule has 4 heteroatoms. The Labute approximate surface area is 124 Å². The molecule has 4 nitrogen and oxygen atoms in total. The van der Waals surface area contributed by atoms with Gasteiger partial charge in [-0.3, -0.25) is 0 Å². The highest BCUT2D eigenvalue weighted by Crippen LogP contribution is 2.27. The fourth-order valence-corrected chi connectivity index (χ4v) is 2.04. The topological polar surface area (TPSA) is 72.5 Å². The number of benzene rings is 2. The molecule has 0 saturated heterocycles. The lowest BCUT2D eigenvalue weighted by Gasteiger charge is -2.11. The molecule has 0 aliphatic carbocycles. The second kappa shape index (κ2) is 6.31. The van der Waals surface area contributed by atoms with E-state index >= 15 is 0 Å². The third-order valence-corrected chi connectivity index (χ3v) is 3.55. The van der Waals surface area contributed by atoms with Gasteiger partial charge in [0.15, 0.2) is 0 Å². The summed E-state index contributed by atoms with van der Waals surface area (Å²) in [5.41, 5.74) is 7.24. The minimum Gasteiger partial charge on any atom is -0.478 e. The van der Waals surface area contributed by atoms with Crippen LogP contribution in [0.4, 0.5) is 5.69 Å². The highest BCUT2D eigenvalue weighted by molar-refractivity contribution is 5.93. The number of hydrogen-bond acceptors (Lipinski definition) is 3. The first kappa shape index (κ1) is 14.9. The van der Waals surface area contributed by atoms with E-state index in [0.717, 1.165) is 6.42 Å². The molecule has 0 aliphatic rings. The molecule has 0 amide bonds. The van der Waals surface area contributed by atoms with Gasteiger partial charge in [0.1, 0.15) is 11.5 Å². The third-order valence-electron chi connectivity index (χ3n) is 3.55. The monoisotopic (exact) mass is 285 g/mol. The maximum Gasteiger partial charge on any atom is 0.337 e. The van der Waals surface area contributed by atoms with Crippen LogP contribution < -0.4 is 10.5 Å². The molecule has 0 saturated carbocycles. The number of ether oxygens (including phenoxy) is 1. The molecule has 1 atom stereocenters. The number of nitrogens with two attached hydrogens (primary N) is 1. The minimum absolute atomic E-state index is 0.0782. The van der Waals surface area contributed by atoms with Crippen LogP contribution in [0.25, 0.3) is 0 Å². The summed E-state index contributed by atoms with van der Waals surface area (Å²) < 4.78 is 5.69. The molecule has 2 aromatic rings. The van der Waals surface area contributed by atoms with E-state index in [0.29, 0.717) is 17.4 Å². The largest absolute Gasteiger partial charge is 0.478 e. The Hall–Kier alpha value is -2.49. The van der Waals surface area contributed by atoms with Crippen molar-refractivity contribution < 1.29 is 14.6 Å². The highest BCUT2D eigenvalue weighted by atomic mass is 16.5. The van der Waals surface area contributed by atoms with Crippen molar-refractivity contribution in [3.63, 3.8) is 0 Å². The molecule has 0 heterocycles. The van der Waals surface area contributed by atoms with Gasteiger partial charge in [0.05, 0.1) is 5.56 Å². The summed E-state index contributed by atoms with van der Waals surface area (Å²) in [6, 6.07) is 12.5. The standard InChI is InChI=1S/C17H19NO3/c1-3-11(2)12-4-6-13(7-5-12)21-14-8-9-15(17(19)20)16(18)10-14/h4-11H,3,18H2,1-2H3,(H,19,20). The molecular weight excluding hydrogens is 266 g/mol. The minimum atomic E-state index is -1.04. The lowest BCUT2D eigenvalue weighted by Crippen LogP contribution is -2.02. The van der Waals surface area contributed by atoms with Crippen molar-refractivity contribution >= 4 is 11.7 Å². The zero-order valence-corrected chi connectivity index (χ0v) is 12.2. The normalized spacial score (nSPS) is 11.9. The number of carboxylic acid groups (broad SMARTS) is 1. The molecule has 3 N–H and O–H groups in total. The second-order valence-electron chi connectivity index (χ2n) is 5.03. The zero-order valence-electron chi connectivity index (χ0n) is 12.2. The van der Waals surface area contributed by atoms with Gasteiger partial charge in [0, 0.05) is 11.8 Å². The molecular formula is C17H19NO3. The van der Waals surface area contributed by atoms with E-state index in [4.69, 9.17) is 15.6 Å². The molecule has 2 rings (SSSR count).